The van der Waals surface area contributed by atoms with Crippen LogP contribution in [0.15, 0.2) is 48.7 Å². The maximum atomic E-state index is 14.1. The first-order valence-corrected chi connectivity index (χ1v) is 16.9. The van der Waals surface area contributed by atoms with Crippen LogP contribution in [0, 0.1) is 6.92 Å². The smallest absolute Gasteiger partial charge is 0.247 e. The van der Waals surface area contributed by atoms with E-state index in [0.717, 1.165) is 42.4 Å². The summed E-state index contributed by atoms with van der Waals surface area (Å²) in [4.78, 5) is 47.5. The Bertz CT molecular complexity index is 1620. The fourth-order valence-electron chi connectivity index (χ4n) is 5.60. The van der Waals surface area contributed by atoms with Crippen molar-refractivity contribution in [2.45, 2.75) is 63.7 Å². The molecule has 3 fully saturated rings. The normalized spacial score (nSPS) is 17.7. The summed E-state index contributed by atoms with van der Waals surface area (Å²) in [6.45, 7) is 2.95. The zero-order chi connectivity index (χ0) is 33.1. The van der Waals surface area contributed by atoms with Crippen molar-refractivity contribution >= 4 is 58.2 Å². The van der Waals surface area contributed by atoms with Crippen LogP contribution in [0.2, 0.25) is 15.1 Å². The molecule has 1 aliphatic heterocycles. The molecule has 0 spiro atoms. The number of ether oxygens (including phenoxy) is 2. The van der Waals surface area contributed by atoms with E-state index in [-0.39, 0.29) is 62.5 Å². The number of nitrogens with one attached hydrogen (secondary N) is 2. The van der Waals surface area contributed by atoms with E-state index in [0.29, 0.717) is 38.9 Å². The lowest BCUT2D eigenvalue weighted by Crippen LogP contribution is -2.61. The molecule has 2 saturated carbocycles. The molecule has 13 heteroatoms. The number of anilines is 1. The number of benzene rings is 2. The van der Waals surface area contributed by atoms with Crippen molar-refractivity contribution in [3.05, 3.63) is 80.4 Å². The number of nitrogens with zero attached hydrogens (tertiary/aromatic N) is 3. The summed E-state index contributed by atoms with van der Waals surface area (Å²) in [6.07, 6.45) is 5.58. The number of aromatic nitrogens is 1. The van der Waals surface area contributed by atoms with Crippen molar-refractivity contribution in [2.75, 3.05) is 31.2 Å². The maximum Gasteiger partial charge on any atom is 0.247 e. The predicted octanol–water partition coefficient (Wildman–Crippen LogP) is 5.13. The van der Waals surface area contributed by atoms with E-state index >= 15 is 0 Å². The van der Waals surface area contributed by atoms with Crippen LogP contribution in [0.4, 0.5) is 5.69 Å². The zero-order valence-electron chi connectivity index (χ0n) is 25.9. The van der Waals surface area contributed by atoms with Gasteiger partial charge in [0.05, 0.1) is 34.9 Å². The third-order valence-electron chi connectivity index (χ3n) is 8.23. The fraction of sp³-hybridized carbons (Fsp3) is 0.412. The largest absolute Gasteiger partial charge is 0.487 e. The number of aryl methyl sites for hydroxylation is 1. The summed E-state index contributed by atoms with van der Waals surface area (Å²) < 4.78 is 11.4. The van der Waals surface area contributed by atoms with E-state index in [4.69, 9.17) is 44.3 Å². The number of halogens is 3. The summed E-state index contributed by atoms with van der Waals surface area (Å²) in [7, 11) is 0. The van der Waals surface area contributed by atoms with Gasteiger partial charge in [0.2, 0.25) is 23.6 Å². The van der Waals surface area contributed by atoms with Gasteiger partial charge in [-0.2, -0.15) is 0 Å². The number of amides is 3. The van der Waals surface area contributed by atoms with Gasteiger partial charge in [-0.15, -0.1) is 0 Å². The molecule has 2 aliphatic carbocycles. The molecule has 1 atom stereocenters. The minimum absolute atomic E-state index is 0.0197. The molecular formula is C34H36Cl3N5O5. The monoisotopic (exact) mass is 699 g/mol. The number of carbonyl (C=O) groups excluding carboxylic acids is 3. The fourth-order valence-corrected chi connectivity index (χ4v) is 6.48. The highest BCUT2D eigenvalue weighted by Gasteiger charge is 2.41. The second-order valence-corrected chi connectivity index (χ2v) is 13.4. The summed E-state index contributed by atoms with van der Waals surface area (Å²) in [6, 6.07) is 12.0. The summed E-state index contributed by atoms with van der Waals surface area (Å²) in [5.41, 5.74) is 3.03. The second kappa shape index (κ2) is 14.7. The van der Waals surface area contributed by atoms with Crippen LogP contribution < -0.4 is 25.0 Å². The van der Waals surface area contributed by atoms with Crippen molar-refractivity contribution < 1.29 is 23.9 Å². The number of hydrogen-bond acceptors (Lipinski definition) is 7. The van der Waals surface area contributed by atoms with Crippen LogP contribution in [-0.4, -0.2) is 72.0 Å². The second-order valence-electron chi connectivity index (χ2n) is 12.2. The molecule has 1 saturated heterocycles. The molecule has 248 valence electrons. The third-order valence-corrected chi connectivity index (χ3v) is 9.16. The van der Waals surface area contributed by atoms with E-state index < -0.39 is 6.04 Å². The van der Waals surface area contributed by atoms with E-state index in [1.54, 1.807) is 30.3 Å². The van der Waals surface area contributed by atoms with Gasteiger partial charge in [-0.25, -0.2) is 4.98 Å². The third kappa shape index (κ3) is 8.48. The van der Waals surface area contributed by atoms with Crippen molar-refractivity contribution in [1.29, 1.82) is 0 Å². The van der Waals surface area contributed by atoms with Crippen molar-refractivity contribution in [1.82, 2.24) is 20.5 Å². The Morgan fingerprint density at radius 3 is 2.43 bits per heavy atom. The number of carbonyl (C=O) groups is 3. The molecule has 3 aliphatic rings. The lowest BCUT2D eigenvalue weighted by molar-refractivity contribution is -0.136. The topological polar surface area (TPSA) is 113 Å². The standard InChI is InChI=1S/C34H36Cl3N5O5/c1-20-12-27(36)33(28(37)13-20)47-11-10-46-31-9-7-25(16-39-31)42-29(17-38-18-32(42)44)34(45)41(24-5-6-24)19-22-14-21(2-8-26(22)35)15-30(43)40-23-3-4-23/h2,7-9,12-14,16,23-24,29,38H,3-6,10-11,15,17-19H2,1H3,(H,40,43)/t29-/m1/s1. The van der Waals surface area contributed by atoms with Gasteiger partial charge in [0.15, 0.2) is 5.75 Å². The average Bonchev–Trinajstić information content (AvgIpc) is 3.97. The first kappa shape index (κ1) is 33.3. The Morgan fingerprint density at radius 1 is 1.00 bits per heavy atom. The molecule has 2 aromatic carbocycles. The lowest BCUT2D eigenvalue weighted by Gasteiger charge is -2.38. The number of hydrogen-bond donors (Lipinski definition) is 2. The van der Waals surface area contributed by atoms with Crippen LogP contribution in [-0.2, 0) is 27.3 Å². The van der Waals surface area contributed by atoms with Gasteiger partial charge in [0, 0.05) is 36.3 Å². The molecule has 2 N–H and O–H groups in total. The van der Waals surface area contributed by atoms with Crippen LogP contribution in [0.3, 0.4) is 0 Å². The van der Waals surface area contributed by atoms with E-state index in [2.05, 4.69) is 15.6 Å². The van der Waals surface area contributed by atoms with E-state index in [1.165, 1.54) is 11.1 Å². The van der Waals surface area contributed by atoms with Crippen LogP contribution in [0.25, 0.3) is 0 Å². The van der Waals surface area contributed by atoms with Crippen molar-refractivity contribution in [3.8, 4) is 11.6 Å². The molecule has 47 heavy (non-hydrogen) atoms. The van der Waals surface area contributed by atoms with Gasteiger partial charge in [-0.3, -0.25) is 19.3 Å². The minimum atomic E-state index is -0.769. The first-order chi connectivity index (χ1) is 22.7. The molecule has 0 unspecified atom stereocenters. The highest BCUT2D eigenvalue weighted by molar-refractivity contribution is 6.37. The Kier molecular flexibility index (Phi) is 10.4. The average molecular weight is 701 g/mol. The highest BCUT2D eigenvalue weighted by Crippen LogP contribution is 2.35. The quantitative estimate of drug-likeness (QED) is 0.238. The maximum absolute atomic E-state index is 14.1. The van der Waals surface area contributed by atoms with Crippen LogP contribution in [0.1, 0.15) is 42.4 Å². The van der Waals surface area contributed by atoms with Crippen LogP contribution in [0.5, 0.6) is 11.6 Å². The molecular weight excluding hydrogens is 665 g/mol. The molecule has 3 amide bonds. The van der Waals surface area contributed by atoms with Gasteiger partial charge in [-0.05, 0) is 73.6 Å². The van der Waals surface area contributed by atoms with E-state index in [9.17, 15) is 14.4 Å². The Morgan fingerprint density at radius 2 is 1.74 bits per heavy atom. The predicted molar refractivity (Wildman–Crippen MR) is 180 cm³/mol. The first-order valence-electron chi connectivity index (χ1n) is 15.7. The molecule has 3 aromatic rings. The molecule has 10 nitrogen and oxygen atoms in total. The zero-order valence-corrected chi connectivity index (χ0v) is 28.2. The Hall–Kier alpha value is -3.57. The molecule has 2 heterocycles. The van der Waals surface area contributed by atoms with Gasteiger partial charge in [0.25, 0.3) is 0 Å². The van der Waals surface area contributed by atoms with Crippen LogP contribution >= 0.6 is 34.8 Å². The number of piperazine rings is 1. The highest BCUT2D eigenvalue weighted by atomic mass is 35.5. The Labute approximate surface area is 288 Å². The van der Waals surface area contributed by atoms with Crippen molar-refractivity contribution in [3.63, 3.8) is 0 Å². The van der Waals surface area contributed by atoms with Gasteiger partial charge in [0.1, 0.15) is 19.3 Å². The van der Waals surface area contributed by atoms with Gasteiger partial charge < -0.3 is 25.0 Å². The van der Waals surface area contributed by atoms with Crippen molar-refractivity contribution in [2.24, 2.45) is 0 Å². The molecule has 6 rings (SSSR count). The lowest BCUT2D eigenvalue weighted by atomic mass is 10.1. The number of rotatable bonds is 13. The number of pyridine rings is 1. The summed E-state index contributed by atoms with van der Waals surface area (Å²) in [5, 5.41) is 7.47. The van der Waals surface area contributed by atoms with Gasteiger partial charge >= 0.3 is 0 Å². The molecule has 0 radical (unpaired) electrons. The molecule has 1 aromatic heterocycles. The summed E-state index contributed by atoms with van der Waals surface area (Å²) in [5.74, 6) is 0.303. The molecule has 0 bridgehead atoms. The Balaban J connectivity index is 1.10. The van der Waals surface area contributed by atoms with E-state index in [1.807, 2.05) is 24.0 Å². The SMILES string of the molecule is Cc1cc(Cl)c(OCCOc2ccc(N3C(=O)CNC[C@@H]3C(=O)N(Cc3cc(CC(=O)NC4CC4)ccc3Cl)C3CC3)cn2)c(Cl)c1. The van der Waals surface area contributed by atoms with Gasteiger partial charge in [-0.1, -0.05) is 46.9 Å². The summed E-state index contributed by atoms with van der Waals surface area (Å²) >= 11 is 19.1. The minimum Gasteiger partial charge on any atom is -0.487 e.